The van der Waals surface area contributed by atoms with Crippen molar-refractivity contribution in [2.75, 3.05) is 32.7 Å². The zero-order chi connectivity index (χ0) is 18.0. The lowest BCUT2D eigenvalue weighted by atomic mass is 10.2. The molecule has 0 aliphatic heterocycles. The average Bonchev–Trinajstić information content (AvgIpc) is 2.56. The van der Waals surface area contributed by atoms with Crippen LogP contribution in [-0.2, 0) is 28.9 Å². The summed E-state index contributed by atoms with van der Waals surface area (Å²) in [5.41, 5.74) is 0. The lowest BCUT2D eigenvalue weighted by molar-refractivity contribution is -0.142. The molecule has 0 bridgehead atoms. The number of ether oxygens (including phenoxy) is 2. The largest absolute Gasteiger partial charge is 0.480 e. The van der Waals surface area contributed by atoms with Gasteiger partial charge in [-0.1, -0.05) is 18.2 Å². The first-order valence-electron chi connectivity index (χ1n) is 7.23. The Hall–Kier alpha value is -1.97. The summed E-state index contributed by atoms with van der Waals surface area (Å²) in [5.74, 6) is -2.32. The van der Waals surface area contributed by atoms with Gasteiger partial charge in [0.1, 0.15) is 12.6 Å². The summed E-state index contributed by atoms with van der Waals surface area (Å²) in [6.07, 6.45) is -0.240. The molecule has 0 saturated carbocycles. The minimum Gasteiger partial charge on any atom is -0.480 e. The SMILES string of the molecule is COCCOCC(=O)N[C@@H](CCS(=O)(=O)c1ccccc1)C(=O)O. The summed E-state index contributed by atoms with van der Waals surface area (Å²) in [6, 6.07) is 6.42. The monoisotopic (exact) mass is 359 g/mol. The minimum absolute atomic E-state index is 0.114. The number of hydrogen-bond acceptors (Lipinski definition) is 6. The molecule has 1 rings (SSSR count). The number of amides is 1. The fourth-order valence-electron chi connectivity index (χ4n) is 1.82. The van der Waals surface area contributed by atoms with Crippen LogP contribution in [0.5, 0.6) is 0 Å². The van der Waals surface area contributed by atoms with Crippen LogP contribution in [0.25, 0.3) is 0 Å². The number of methoxy groups -OCH3 is 1. The van der Waals surface area contributed by atoms with Gasteiger partial charge in [0.25, 0.3) is 0 Å². The number of aliphatic carboxylic acids is 1. The van der Waals surface area contributed by atoms with E-state index in [1.165, 1.54) is 19.2 Å². The van der Waals surface area contributed by atoms with E-state index in [4.69, 9.17) is 14.6 Å². The molecule has 1 atom stereocenters. The van der Waals surface area contributed by atoms with E-state index in [0.717, 1.165) is 0 Å². The molecule has 0 aromatic heterocycles. The highest BCUT2D eigenvalue weighted by Gasteiger charge is 2.24. The van der Waals surface area contributed by atoms with Crippen LogP contribution >= 0.6 is 0 Å². The summed E-state index contributed by atoms with van der Waals surface area (Å²) in [6.45, 7) is 0.188. The highest BCUT2D eigenvalue weighted by Crippen LogP contribution is 2.12. The second-order valence-electron chi connectivity index (χ2n) is 4.92. The smallest absolute Gasteiger partial charge is 0.326 e. The van der Waals surface area contributed by atoms with E-state index in [1.54, 1.807) is 18.2 Å². The van der Waals surface area contributed by atoms with Gasteiger partial charge in [-0.2, -0.15) is 0 Å². The molecule has 0 unspecified atom stereocenters. The number of carbonyl (C=O) groups is 2. The molecule has 0 radical (unpaired) electrons. The Morgan fingerprint density at radius 2 is 1.88 bits per heavy atom. The van der Waals surface area contributed by atoms with E-state index in [9.17, 15) is 18.0 Å². The van der Waals surface area contributed by atoms with Crippen molar-refractivity contribution >= 4 is 21.7 Å². The van der Waals surface area contributed by atoms with Gasteiger partial charge in [-0.05, 0) is 18.6 Å². The molecule has 8 nitrogen and oxygen atoms in total. The normalized spacial score (nSPS) is 12.5. The first-order chi connectivity index (χ1) is 11.4. The molecule has 24 heavy (non-hydrogen) atoms. The van der Waals surface area contributed by atoms with Gasteiger partial charge in [0.15, 0.2) is 9.84 Å². The Kier molecular flexibility index (Phi) is 8.37. The first kappa shape index (κ1) is 20.1. The molecule has 1 aromatic carbocycles. The Balaban J connectivity index is 2.54. The van der Waals surface area contributed by atoms with Crippen LogP contribution in [0.3, 0.4) is 0 Å². The maximum Gasteiger partial charge on any atom is 0.326 e. The molecule has 2 N–H and O–H groups in total. The minimum atomic E-state index is -3.61. The van der Waals surface area contributed by atoms with Crippen LogP contribution in [-0.4, -0.2) is 64.1 Å². The predicted octanol–water partition coefficient (Wildman–Crippen LogP) is 0.0828. The zero-order valence-electron chi connectivity index (χ0n) is 13.3. The third-order valence-electron chi connectivity index (χ3n) is 3.08. The summed E-state index contributed by atoms with van der Waals surface area (Å²) < 4.78 is 34.0. The summed E-state index contributed by atoms with van der Waals surface area (Å²) >= 11 is 0. The predicted molar refractivity (Wildman–Crippen MR) is 85.4 cm³/mol. The average molecular weight is 359 g/mol. The highest BCUT2D eigenvalue weighted by molar-refractivity contribution is 7.91. The van der Waals surface area contributed by atoms with Crippen molar-refractivity contribution in [2.45, 2.75) is 17.4 Å². The van der Waals surface area contributed by atoms with Crippen LogP contribution in [0.2, 0.25) is 0 Å². The lowest BCUT2D eigenvalue weighted by Gasteiger charge is -2.14. The second kappa shape index (κ2) is 10.0. The third kappa shape index (κ3) is 7.07. The Bertz CT molecular complexity index is 630. The number of carboxylic acids is 1. The summed E-state index contributed by atoms with van der Waals surface area (Å²) in [5, 5.41) is 11.4. The van der Waals surface area contributed by atoms with E-state index < -0.39 is 33.5 Å². The van der Waals surface area contributed by atoms with Crippen LogP contribution in [0.1, 0.15) is 6.42 Å². The molecule has 0 spiro atoms. The van der Waals surface area contributed by atoms with Crippen LogP contribution in [0.4, 0.5) is 0 Å². The van der Waals surface area contributed by atoms with Gasteiger partial charge in [-0.3, -0.25) is 4.79 Å². The Labute approximate surface area is 140 Å². The van der Waals surface area contributed by atoms with E-state index in [2.05, 4.69) is 5.32 Å². The van der Waals surface area contributed by atoms with Crippen molar-refractivity contribution in [3.05, 3.63) is 30.3 Å². The number of carbonyl (C=O) groups excluding carboxylic acids is 1. The van der Waals surface area contributed by atoms with Gasteiger partial charge in [-0.25, -0.2) is 13.2 Å². The van der Waals surface area contributed by atoms with Crippen molar-refractivity contribution in [1.82, 2.24) is 5.32 Å². The fourth-order valence-corrected chi connectivity index (χ4v) is 3.17. The van der Waals surface area contributed by atoms with Crippen molar-refractivity contribution < 1.29 is 32.6 Å². The fraction of sp³-hybridized carbons (Fsp3) is 0.467. The zero-order valence-corrected chi connectivity index (χ0v) is 14.1. The highest BCUT2D eigenvalue weighted by atomic mass is 32.2. The van der Waals surface area contributed by atoms with Gasteiger partial charge < -0.3 is 19.9 Å². The van der Waals surface area contributed by atoms with Crippen molar-refractivity contribution in [2.24, 2.45) is 0 Å². The van der Waals surface area contributed by atoms with Gasteiger partial charge in [0, 0.05) is 7.11 Å². The molecule has 1 amide bonds. The summed E-state index contributed by atoms with van der Waals surface area (Å²) in [4.78, 5) is 22.9. The number of nitrogens with one attached hydrogen (secondary N) is 1. The third-order valence-corrected chi connectivity index (χ3v) is 4.84. The molecule has 0 fully saturated rings. The number of sulfone groups is 1. The molecule has 0 saturated heterocycles. The molecule has 134 valence electrons. The number of rotatable bonds is 11. The standard InChI is InChI=1S/C15H21NO7S/c1-22-8-9-23-11-14(17)16-13(15(18)19)7-10-24(20,21)12-5-3-2-4-6-12/h2-6,13H,7-11H2,1H3,(H,16,17)(H,18,19)/t13-/m0/s1. The lowest BCUT2D eigenvalue weighted by Crippen LogP contribution is -2.43. The van der Waals surface area contributed by atoms with Gasteiger partial charge in [-0.15, -0.1) is 0 Å². The van der Waals surface area contributed by atoms with E-state index in [1.807, 2.05) is 0 Å². The van der Waals surface area contributed by atoms with Gasteiger partial charge in [0.2, 0.25) is 5.91 Å². The Morgan fingerprint density at radius 1 is 1.21 bits per heavy atom. The van der Waals surface area contributed by atoms with Gasteiger partial charge in [0.05, 0.1) is 23.9 Å². The van der Waals surface area contributed by atoms with E-state index in [0.29, 0.717) is 6.61 Å². The molecule has 9 heteroatoms. The molecule has 0 aliphatic carbocycles. The number of benzene rings is 1. The van der Waals surface area contributed by atoms with Crippen LogP contribution in [0, 0.1) is 0 Å². The number of carboxylic acid groups (broad SMARTS) is 1. The topological polar surface area (TPSA) is 119 Å². The first-order valence-corrected chi connectivity index (χ1v) is 8.88. The van der Waals surface area contributed by atoms with Gasteiger partial charge >= 0.3 is 5.97 Å². The second-order valence-corrected chi connectivity index (χ2v) is 7.03. The van der Waals surface area contributed by atoms with E-state index in [-0.39, 0.29) is 24.5 Å². The molecular weight excluding hydrogens is 338 g/mol. The van der Waals surface area contributed by atoms with Crippen molar-refractivity contribution in [3.63, 3.8) is 0 Å². The van der Waals surface area contributed by atoms with Crippen molar-refractivity contribution in [1.29, 1.82) is 0 Å². The van der Waals surface area contributed by atoms with Crippen LogP contribution in [0.15, 0.2) is 35.2 Å². The molecular formula is C15H21NO7S. The maximum absolute atomic E-state index is 12.1. The molecule has 0 heterocycles. The Morgan fingerprint density at radius 3 is 2.46 bits per heavy atom. The van der Waals surface area contributed by atoms with Crippen LogP contribution < -0.4 is 5.32 Å². The quantitative estimate of drug-likeness (QED) is 0.537. The number of hydrogen-bond donors (Lipinski definition) is 2. The molecule has 1 aromatic rings. The van der Waals surface area contributed by atoms with Crippen molar-refractivity contribution in [3.8, 4) is 0 Å². The maximum atomic E-state index is 12.1. The van der Waals surface area contributed by atoms with E-state index >= 15 is 0 Å². The summed E-state index contributed by atoms with van der Waals surface area (Å²) in [7, 11) is -2.13. The molecule has 0 aliphatic rings.